The molecule has 5 heteroatoms. The molecule has 1 amide bonds. The third-order valence-corrected chi connectivity index (χ3v) is 7.13. The molecule has 5 nitrogen and oxygen atoms in total. The fraction of sp³-hybridized carbons (Fsp3) is 0.500. The molecule has 1 saturated heterocycles. The zero-order valence-corrected chi connectivity index (χ0v) is 18.9. The van der Waals surface area contributed by atoms with E-state index in [1.807, 2.05) is 31.2 Å². The summed E-state index contributed by atoms with van der Waals surface area (Å²) in [5, 5.41) is 14.5. The van der Waals surface area contributed by atoms with Crippen LogP contribution in [0.3, 0.4) is 0 Å². The Bertz CT molecular complexity index is 927. The normalized spacial score (nSPS) is 26.2. The van der Waals surface area contributed by atoms with Crippen LogP contribution in [0.4, 0.5) is 5.69 Å². The largest absolute Gasteiger partial charge is 0.497 e. The molecule has 0 radical (unpaired) electrons. The van der Waals surface area contributed by atoms with Crippen molar-refractivity contribution >= 4 is 11.6 Å². The lowest BCUT2D eigenvalue weighted by Gasteiger charge is -2.52. The first kappa shape index (κ1) is 21.8. The Kier molecular flexibility index (Phi) is 6.35. The first-order valence-corrected chi connectivity index (χ1v) is 11.4. The Hall–Kier alpha value is -2.37. The molecule has 0 bridgehead atoms. The predicted molar refractivity (Wildman–Crippen MR) is 123 cm³/mol. The van der Waals surface area contributed by atoms with E-state index in [1.54, 1.807) is 7.11 Å². The molecule has 1 aliphatic carbocycles. The van der Waals surface area contributed by atoms with Crippen LogP contribution in [0, 0.1) is 19.8 Å². The molecule has 3 atom stereocenters. The number of ether oxygens (including phenoxy) is 1. The number of anilines is 1. The summed E-state index contributed by atoms with van der Waals surface area (Å²) in [7, 11) is 1.67. The number of nitrogens with one attached hydrogen (secondary N) is 1. The fourth-order valence-corrected chi connectivity index (χ4v) is 5.49. The fourth-order valence-electron chi connectivity index (χ4n) is 5.49. The van der Waals surface area contributed by atoms with Crippen LogP contribution < -0.4 is 10.1 Å². The van der Waals surface area contributed by atoms with Crippen LogP contribution >= 0.6 is 0 Å². The third-order valence-electron chi connectivity index (χ3n) is 7.13. The Balaban J connectivity index is 1.57. The van der Waals surface area contributed by atoms with Gasteiger partial charge in [0.15, 0.2) is 0 Å². The summed E-state index contributed by atoms with van der Waals surface area (Å²) in [4.78, 5) is 15.3. The molecule has 2 aromatic rings. The molecule has 0 aromatic heterocycles. The highest BCUT2D eigenvalue weighted by molar-refractivity contribution is 5.93. The van der Waals surface area contributed by atoms with Crippen LogP contribution in [0.25, 0.3) is 0 Å². The molecule has 0 spiro atoms. The van der Waals surface area contributed by atoms with Gasteiger partial charge in [-0.3, -0.25) is 9.69 Å². The standard InChI is InChI=1S/C26H34N2O3/c1-18-7-12-23(19(2)16-18)27-24(29)17-28-15-14-26(30)13-5-4-6-22(26)25(28)20-8-10-21(31-3)11-9-20/h7-12,16,22,25,30H,4-6,13-15,17H2,1-3H3,(H,27,29)/t22-,25+,26+/m0/s1. The molecule has 2 N–H and O–H groups in total. The zero-order valence-electron chi connectivity index (χ0n) is 18.9. The van der Waals surface area contributed by atoms with Gasteiger partial charge in [-0.1, -0.05) is 42.7 Å². The lowest BCUT2D eigenvalue weighted by molar-refractivity contribution is -0.135. The number of piperidine rings is 1. The van der Waals surface area contributed by atoms with Gasteiger partial charge in [-0.25, -0.2) is 0 Å². The molecule has 1 heterocycles. The average Bonchev–Trinajstić information content (AvgIpc) is 2.76. The topological polar surface area (TPSA) is 61.8 Å². The Morgan fingerprint density at radius 2 is 1.94 bits per heavy atom. The number of hydrogen-bond acceptors (Lipinski definition) is 4. The second kappa shape index (κ2) is 9.01. The summed E-state index contributed by atoms with van der Waals surface area (Å²) < 4.78 is 5.33. The van der Waals surface area contributed by atoms with Crippen molar-refractivity contribution in [3.05, 3.63) is 59.2 Å². The van der Waals surface area contributed by atoms with Crippen molar-refractivity contribution in [2.24, 2.45) is 5.92 Å². The number of likely N-dealkylation sites (tertiary alicyclic amines) is 1. The highest BCUT2D eigenvalue weighted by Crippen LogP contribution is 2.49. The number of amides is 1. The van der Waals surface area contributed by atoms with E-state index in [-0.39, 0.29) is 17.9 Å². The highest BCUT2D eigenvalue weighted by Gasteiger charge is 2.49. The van der Waals surface area contributed by atoms with Gasteiger partial charge in [0.1, 0.15) is 5.75 Å². The Labute approximate surface area is 185 Å². The number of aryl methyl sites for hydroxylation is 2. The van der Waals surface area contributed by atoms with Crippen LogP contribution in [0.2, 0.25) is 0 Å². The SMILES string of the molecule is COc1ccc([C@@H]2[C@@H]3CCCC[C@@]3(O)CCN2CC(=O)Nc2ccc(C)cc2C)cc1. The lowest BCUT2D eigenvalue weighted by atomic mass is 9.66. The zero-order chi connectivity index (χ0) is 22.0. The van der Waals surface area contributed by atoms with Crippen molar-refractivity contribution < 1.29 is 14.6 Å². The second-order valence-electron chi connectivity index (χ2n) is 9.26. The van der Waals surface area contributed by atoms with Crippen molar-refractivity contribution in [2.45, 2.75) is 57.6 Å². The monoisotopic (exact) mass is 422 g/mol. The van der Waals surface area contributed by atoms with Gasteiger partial charge in [0.2, 0.25) is 5.91 Å². The molecular weight excluding hydrogens is 388 g/mol. The quantitative estimate of drug-likeness (QED) is 0.738. The van der Waals surface area contributed by atoms with E-state index in [9.17, 15) is 9.90 Å². The van der Waals surface area contributed by atoms with E-state index in [0.717, 1.165) is 54.7 Å². The molecule has 1 aliphatic heterocycles. The molecule has 0 unspecified atom stereocenters. The first-order valence-electron chi connectivity index (χ1n) is 11.4. The molecule has 1 saturated carbocycles. The Morgan fingerprint density at radius 3 is 2.65 bits per heavy atom. The number of hydrogen-bond donors (Lipinski definition) is 2. The van der Waals surface area contributed by atoms with Crippen molar-refractivity contribution in [3.63, 3.8) is 0 Å². The highest BCUT2D eigenvalue weighted by atomic mass is 16.5. The van der Waals surface area contributed by atoms with Gasteiger partial charge in [0.25, 0.3) is 0 Å². The van der Waals surface area contributed by atoms with Crippen molar-refractivity contribution in [2.75, 3.05) is 25.5 Å². The molecule has 166 valence electrons. The van der Waals surface area contributed by atoms with E-state index >= 15 is 0 Å². The van der Waals surface area contributed by atoms with Crippen molar-refractivity contribution in [1.82, 2.24) is 4.90 Å². The van der Waals surface area contributed by atoms with Gasteiger partial charge in [0.05, 0.1) is 19.3 Å². The molecule has 4 rings (SSSR count). The van der Waals surface area contributed by atoms with Gasteiger partial charge < -0.3 is 15.2 Å². The number of aliphatic hydroxyl groups is 1. The molecule has 2 aromatic carbocycles. The molecule has 2 aliphatic rings. The molecule has 31 heavy (non-hydrogen) atoms. The summed E-state index contributed by atoms with van der Waals surface area (Å²) in [6.45, 7) is 5.10. The summed E-state index contributed by atoms with van der Waals surface area (Å²) in [6.07, 6.45) is 4.77. The maximum absolute atomic E-state index is 13.0. The smallest absolute Gasteiger partial charge is 0.238 e. The van der Waals surface area contributed by atoms with Crippen LogP contribution in [0.5, 0.6) is 5.75 Å². The van der Waals surface area contributed by atoms with E-state index < -0.39 is 5.60 Å². The second-order valence-corrected chi connectivity index (χ2v) is 9.26. The number of carbonyl (C=O) groups excluding carboxylic acids is 1. The maximum atomic E-state index is 13.0. The Morgan fingerprint density at radius 1 is 1.16 bits per heavy atom. The van der Waals surface area contributed by atoms with Gasteiger partial charge >= 0.3 is 0 Å². The summed E-state index contributed by atoms with van der Waals surface area (Å²) in [5.74, 6) is 0.946. The maximum Gasteiger partial charge on any atom is 0.238 e. The van der Waals surface area contributed by atoms with Gasteiger partial charge in [-0.05, 0) is 62.4 Å². The van der Waals surface area contributed by atoms with E-state index in [0.29, 0.717) is 13.1 Å². The number of benzene rings is 2. The van der Waals surface area contributed by atoms with Crippen LogP contribution in [0.1, 0.15) is 54.8 Å². The number of rotatable bonds is 5. The number of methoxy groups -OCH3 is 1. The van der Waals surface area contributed by atoms with E-state index in [2.05, 4.69) is 35.3 Å². The van der Waals surface area contributed by atoms with Crippen molar-refractivity contribution in [3.8, 4) is 5.75 Å². The van der Waals surface area contributed by atoms with Crippen LogP contribution in [-0.2, 0) is 4.79 Å². The van der Waals surface area contributed by atoms with E-state index in [4.69, 9.17) is 4.74 Å². The molecule has 2 fully saturated rings. The van der Waals surface area contributed by atoms with Crippen molar-refractivity contribution in [1.29, 1.82) is 0 Å². The number of fused-ring (bicyclic) bond motifs is 1. The minimum atomic E-state index is -0.636. The van der Waals surface area contributed by atoms with E-state index in [1.165, 1.54) is 5.56 Å². The van der Waals surface area contributed by atoms with Gasteiger partial charge in [-0.2, -0.15) is 0 Å². The summed E-state index contributed by atoms with van der Waals surface area (Å²) in [6, 6.07) is 14.2. The van der Waals surface area contributed by atoms with Crippen LogP contribution in [-0.4, -0.2) is 41.7 Å². The minimum Gasteiger partial charge on any atom is -0.497 e. The summed E-state index contributed by atoms with van der Waals surface area (Å²) in [5.41, 5.74) is 3.62. The van der Waals surface area contributed by atoms with Gasteiger partial charge in [-0.15, -0.1) is 0 Å². The lowest BCUT2D eigenvalue weighted by Crippen LogP contribution is -2.56. The molecular formula is C26H34N2O3. The number of nitrogens with zero attached hydrogens (tertiary/aromatic N) is 1. The van der Waals surface area contributed by atoms with Crippen LogP contribution in [0.15, 0.2) is 42.5 Å². The minimum absolute atomic E-state index is 0.00767. The average molecular weight is 423 g/mol. The summed E-state index contributed by atoms with van der Waals surface area (Å²) >= 11 is 0. The number of carbonyl (C=O) groups is 1. The van der Waals surface area contributed by atoms with Gasteiger partial charge in [0, 0.05) is 24.2 Å². The third kappa shape index (κ3) is 4.63. The first-order chi connectivity index (χ1) is 14.9. The predicted octanol–water partition coefficient (Wildman–Crippen LogP) is 4.62.